The van der Waals surface area contributed by atoms with Crippen LogP contribution in [0.1, 0.15) is 51.8 Å². The van der Waals surface area contributed by atoms with E-state index in [1.807, 2.05) is 12.1 Å². The molecule has 0 unspecified atom stereocenters. The van der Waals surface area contributed by atoms with Gasteiger partial charge in [0.1, 0.15) is 5.75 Å². The minimum absolute atomic E-state index is 0.0658. The van der Waals surface area contributed by atoms with Crippen molar-refractivity contribution in [1.82, 2.24) is 10.1 Å². The average molecular weight is 286 g/mol. The number of nitrogens with zero attached hydrogens (tertiary/aromatic N) is 2. The summed E-state index contributed by atoms with van der Waals surface area (Å²) in [4.78, 5) is 4.66. The summed E-state index contributed by atoms with van der Waals surface area (Å²) in [6, 6.07) is 6.91. The van der Waals surface area contributed by atoms with Crippen molar-refractivity contribution in [1.29, 1.82) is 0 Å². The standard InChI is InChI=1S/C17H22N2O2/c1-12(2)11-17(9-3-4-10-17)16-18-15(19-21-16)13-5-7-14(20)8-6-13/h5-8,12,20H,3-4,9-11H2,1-2H3. The minimum Gasteiger partial charge on any atom is -0.508 e. The van der Waals surface area contributed by atoms with E-state index in [4.69, 9.17) is 4.52 Å². The number of benzene rings is 1. The van der Waals surface area contributed by atoms with Gasteiger partial charge in [0.05, 0.1) is 0 Å². The fourth-order valence-electron chi connectivity index (χ4n) is 3.51. The molecule has 1 N–H and O–H groups in total. The van der Waals surface area contributed by atoms with Crippen LogP contribution in [0.25, 0.3) is 11.4 Å². The van der Waals surface area contributed by atoms with Crippen molar-refractivity contribution in [2.45, 2.75) is 51.4 Å². The molecule has 1 heterocycles. The molecule has 0 radical (unpaired) electrons. The predicted molar refractivity (Wildman–Crippen MR) is 81.0 cm³/mol. The Morgan fingerprint density at radius 3 is 2.48 bits per heavy atom. The smallest absolute Gasteiger partial charge is 0.233 e. The summed E-state index contributed by atoms with van der Waals surface area (Å²) in [5.74, 6) is 2.26. The molecular weight excluding hydrogens is 264 g/mol. The fraction of sp³-hybridized carbons (Fsp3) is 0.529. The van der Waals surface area contributed by atoms with E-state index in [2.05, 4.69) is 24.0 Å². The first kappa shape index (κ1) is 14.1. The Balaban J connectivity index is 1.91. The summed E-state index contributed by atoms with van der Waals surface area (Å²) in [7, 11) is 0. The number of hydrogen-bond donors (Lipinski definition) is 1. The topological polar surface area (TPSA) is 59.2 Å². The number of phenols is 1. The molecule has 3 rings (SSSR count). The molecule has 0 amide bonds. The van der Waals surface area contributed by atoms with Gasteiger partial charge in [0.25, 0.3) is 0 Å². The van der Waals surface area contributed by atoms with Gasteiger partial charge in [-0.3, -0.25) is 0 Å². The van der Waals surface area contributed by atoms with Crippen molar-refractivity contribution in [3.05, 3.63) is 30.2 Å². The van der Waals surface area contributed by atoms with Crippen LogP contribution in [0.4, 0.5) is 0 Å². The van der Waals surface area contributed by atoms with Crippen molar-refractivity contribution < 1.29 is 9.63 Å². The van der Waals surface area contributed by atoms with Crippen LogP contribution in [0.15, 0.2) is 28.8 Å². The molecule has 21 heavy (non-hydrogen) atoms. The second kappa shape index (κ2) is 5.51. The third-order valence-corrected chi connectivity index (χ3v) is 4.36. The van der Waals surface area contributed by atoms with Gasteiger partial charge in [0, 0.05) is 11.0 Å². The van der Waals surface area contributed by atoms with E-state index < -0.39 is 0 Å². The lowest BCUT2D eigenvalue weighted by Gasteiger charge is -2.26. The monoisotopic (exact) mass is 286 g/mol. The van der Waals surface area contributed by atoms with Crippen molar-refractivity contribution >= 4 is 0 Å². The van der Waals surface area contributed by atoms with E-state index in [0.717, 1.165) is 30.7 Å². The molecule has 1 aromatic carbocycles. The lowest BCUT2D eigenvalue weighted by Crippen LogP contribution is -2.24. The molecule has 1 aliphatic rings. The van der Waals surface area contributed by atoms with Gasteiger partial charge in [0.2, 0.25) is 11.7 Å². The van der Waals surface area contributed by atoms with Gasteiger partial charge < -0.3 is 9.63 Å². The highest BCUT2D eigenvalue weighted by molar-refractivity contribution is 5.55. The molecule has 1 aliphatic carbocycles. The Kier molecular flexibility index (Phi) is 3.70. The molecular formula is C17H22N2O2. The van der Waals surface area contributed by atoms with E-state index >= 15 is 0 Å². The van der Waals surface area contributed by atoms with Crippen molar-refractivity contribution in [2.75, 3.05) is 0 Å². The predicted octanol–water partition coefficient (Wildman–Crippen LogP) is 4.30. The van der Waals surface area contributed by atoms with E-state index in [-0.39, 0.29) is 11.2 Å². The van der Waals surface area contributed by atoms with E-state index in [9.17, 15) is 5.11 Å². The van der Waals surface area contributed by atoms with Crippen LogP contribution in [0.3, 0.4) is 0 Å². The highest BCUT2D eigenvalue weighted by atomic mass is 16.5. The molecule has 0 bridgehead atoms. The van der Waals surface area contributed by atoms with Crippen molar-refractivity contribution in [2.24, 2.45) is 5.92 Å². The Hall–Kier alpha value is -1.84. The molecule has 1 fully saturated rings. The van der Waals surface area contributed by atoms with Gasteiger partial charge >= 0.3 is 0 Å². The molecule has 2 aromatic rings. The van der Waals surface area contributed by atoms with Crippen LogP contribution in [-0.2, 0) is 5.41 Å². The third kappa shape index (κ3) is 2.80. The summed E-state index contributed by atoms with van der Waals surface area (Å²) in [5, 5.41) is 13.5. The molecule has 0 aliphatic heterocycles. The molecule has 112 valence electrons. The van der Waals surface area contributed by atoms with E-state index in [1.54, 1.807) is 12.1 Å². The second-order valence-electron chi connectivity index (χ2n) is 6.56. The number of hydrogen-bond acceptors (Lipinski definition) is 4. The SMILES string of the molecule is CC(C)CC1(c2nc(-c3ccc(O)cc3)no2)CCCC1. The van der Waals surface area contributed by atoms with Gasteiger partial charge in [-0.1, -0.05) is 31.8 Å². The van der Waals surface area contributed by atoms with Crippen LogP contribution in [0.5, 0.6) is 5.75 Å². The van der Waals surface area contributed by atoms with Crippen LogP contribution in [-0.4, -0.2) is 15.2 Å². The first-order valence-corrected chi connectivity index (χ1v) is 7.73. The van der Waals surface area contributed by atoms with Gasteiger partial charge in [-0.25, -0.2) is 0 Å². The van der Waals surface area contributed by atoms with Gasteiger partial charge in [-0.15, -0.1) is 0 Å². The van der Waals surface area contributed by atoms with E-state index in [0.29, 0.717) is 11.7 Å². The maximum Gasteiger partial charge on any atom is 0.233 e. The van der Waals surface area contributed by atoms with Crippen LogP contribution in [0.2, 0.25) is 0 Å². The second-order valence-corrected chi connectivity index (χ2v) is 6.56. The molecule has 0 atom stereocenters. The molecule has 1 aromatic heterocycles. The van der Waals surface area contributed by atoms with Crippen LogP contribution in [0, 0.1) is 5.92 Å². The number of aromatic nitrogens is 2. The van der Waals surface area contributed by atoms with Crippen LogP contribution >= 0.6 is 0 Å². The molecule has 4 nitrogen and oxygen atoms in total. The quantitative estimate of drug-likeness (QED) is 0.910. The van der Waals surface area contributed by atoms with Crippen molar-refractivity contribution in [3.8, 4) is 17.1 Å². The van der Waals surface area contributed by atoms with E-state index in [1.165, 1.54) is 12.8 Å². The largest absolute Gasteiger partial charge is 0.508 e. The highest BCUT2D eigenvalue weighted by Crippen LogP contribution is 2.45. The van der Waals surface area contributed by atoms with Gasteiger partial charge in [-0.2, -0.15) is 4.98 Å². The molecule has 1 saturated carbocycles. The maximum atomic E-state index is 9.36. The summed E-state index contributed by atoms with van der Waals surface area (Å²) in [5.41, 5.74) is 0.941. The zero-order chi connectivity index (χ0) is 14.9. The lowest BCUT2D eigenvalue weighted by atomic mass is 9.78. The third-order valence-electron chi connectivity index (χ3n) is 4.36. The molecule has 0 saturated heterocycles. The first-order valence-electron chi connectivity index (χ1n) is 7.73. The lowest BCUT2D eigenvalue weighted by molar-refractivity contribution is 0.244. The van der Waals surface area contributed by atoms with Gasteiger partial charge in [0.15, 0.2) is 0 Å². The molecule has 0 spiro atoms. The normalized spacial score (nSPS) is 17.5. The number of rotatable bonds is 4. The first-order chi connectivity index (χ1) is 10.1. The Morgan fingerprint density at radius 2 is 1.86 bits per heavy atom. The highest BCUT2D eigenvalue weighted by Gasteiger charge is 2.41. The summed E-state index contributed by atoms with van der Waals surface area (Å²) in [6.07, 6.45) is 5.86. The average Bonchev–Trinajstić information content (AvgIpc) is 3.08. The molecule has 4 heteroatoms. The summed E-state index contributed by atoms with van der Waals surface area (Å²) in [6.45, 7) is 4.49. The summed E-state index contributed by atoms with van der Waals surface area (Å²) >= 11 is 0. The Morgan fingerprint density at radius 1 is 1.19 bits per heavy atom. The Labute approximate surface area is 125 Å². The maximum absolute atomic E-state index is 9.36. The number of aromatic hydroxyl groups is 1. The van der Waals surface area contributed by atoms with Crippen molar-refractivity contribution in [3.63, 3.8) is 0 Å². The Bertz CT molecular complexity index is 596. The summed E-state index contributed by atoms with van der Waals surface area (Å²) < 4.78 is 5.61. The van der Waals surface area contributed by atoms with Gasteiger partial charge in [-0.05, 0) is 49.4 Å². The zero-order valence-corrected chi connectivity index (χ0v) is 12.7. The van der Waals surface area contributed by atoms with Crippen LogP contribution < -0.4 is 0 Å². The fourth-order valence-corrected chi connectivity index (χ4v) is 3.51. The minimum atomic E-state index is 0.0658. The number of phenolic OH excluding ortho intramolecular Hbond substituents is 1. The zero-order valence-electron chi connectivity index (χ0n) is 12.7.